The second kappa shape index (κ2) is 4.70. The van der Waals surface area contributed by atoms with Gasteiger partial charge < -0.3 is 21.1 Å². The molecule has 1 amide bonds. The zero-order valence-electron chi connectivity index (χ0n) is 11.0. The lowest BCUT2D eigenvalue weighted by molar-refractivity contribution is -0.122. The van der Waals surface area contributed by atoms with Gasteiger partial charge in [0.05, 0.1) is 28.9 Å². The number of aromatic carboxylic acids is 1. The van der Waals surface area contributed by atoms with Crippen LogP contribution < -0.4 is 16.0 Å². The van der Waals surface area contributed by atoms with Crippen molar-refractivity contribution in [2.24, 2.45) is 5.92 Å². The van der Waals surface area contributed by atoms with Gasteiger partial charge in [-0.1, -0.05) is 6.07 Å². The first-order valence-corrected chi connectivity index (χ1v) is 6.75. The summed E-state index contributed by atoms with van der Waals surface area (Å²) in [5.41, 5.74) is 7.19. The summed E-state index contributed by atoms with van der Waals surface area (Å²) in [5, 5.41) is 12.2. The molecule has 2 unspecified atom stereocenters. The normalized spacial score (nSPS) is 25.2. The molecule has 6 heteroatoms. The number of carboxylic acid groups (broad SMARTS) is 1. The van der Waals surface area contributed by atoms with E-state index in [9.17, 15) is 14.7 Å². The van der Waals surface area contributed by atoms with Crippen molar-refractivity contribution in [3.05, 3.63) is 23.8 Å². The Bertz CT molecular complexity index is 573. The average molecular weight is 275 g/mol. The molecule has 2 heterocycles. The number of para-hydroxylation sites is 1. The van der Waals surface area contributed by atoms with Crippen LogP contribution in [0.25, 0.3) is 0 Å². The number of anilines is 2. The van der Waals surface area contributed by atoms with Gasteiger partial charge in [-0.2, -0.15) is 0 Å². The standard InChI is InChI=1S/C14H17N3O3/c15-10-5-1-3-9(14(19)20)12(10)17-6-2-4-8-11(17)7-16-13(8)18/h1,3,5,8,11H,2,4,6-7,15H2,(H,16,18)(H,19,20). The summed E-state index contributed by atoms with van der Waals surface area (Å²) in [6.45, 7) is 1.28. The minimum Gasteiger partial charge on any atom is -0.478 e. The van der Waals surface area contributed by atoms with Crippen LogP contribution in [0.2, 0.25) is 0 Å². The van der Waals surface area contributed by atoms with Crippen LogP contribution in [0.15, 0.2) is 18.2 Å². The molecule has 20 heavy (non-hydrogen) atoms. The van der Waals surface area contributed by atoms with E-state index in [-0.39, 0.29) is 23.4 Å². The molecular weight excluding hydrogens is 258 g/mol. The van der Waals surface area contributed by atoms with Crippen molar-refractivity contribution in [2.45, 2.75) is 18.9 Å². The number of nitrogens with one attached hydrogen (secondary N) is 1. The number of fused-ring (bicyclic) bond motifs is 1. The van der Waals surface area contributed by atoms with Crippen LogP contribution in [-0.2, 0) is 4.79 Å². The van der Waals surface area contributed by atoms with Gasteiger partial charge in [-0.25, -0.2) is 4.79 Å². The van der Waals surface area contributed by atoms with E-state index in [1.54, 1.807) is 18.2 Å². The molecule has 0 saturated carbocycles. The third-order valence-corrected chi connectivity index (χ3v) is 4.19. The predicted octanol–water partition coefficient (Wildman–Crippen LogP) is 0.682. The molecule has 2 aliphatic heterocycles. The number of nitrogen functional groups attached to an aromatic ring is 1. The fourth-order valence-corrected chi connectivity index (χ4v) is 3.28. The Morgan fingerprint density at radius 1 is 1.45 bits per heavy atom. The molecule has 0 bridgehead atoms. The number of nitrogens with two attached hydrogens (primary N) is 1. The summed E-state index contributed by atoms with van der Waals surface area (Å²) < 4.78 is 0. The second-order valence-electron chi connectivity index (χ2n) is 5.30. The van der Waals surface area contributed by atoms with E-state index in [0.717, 1.165) is 19.4 Å². The minimum atomic E-state index is -0.994. The van der Waals surface area contributed by atoms with Crippen molar-refractivity contribution in [1.82, 2.24) is 5.32 Å². The number of piperidine rings is 1. The quantitative estimate of drug-likeness (QED) is 0.690. The molecule has 0 spiro atoms. The first kappa shape index (κ1) is 12.8. The van der Waals surface area contributed by atoms with Crippen LogP contribution in [-0.4, -0.2) is 36.1 Å². The van der Waals surface area contributed by atoms with E-state index in [1.807, 2.05) is 4.90 Å². The maximum atomic E-state index is 11.8. The van der Waals surface area contributed by atoms with Gasteiger partial charge in [0.1, 0.15) is 0 Å². The monoisotopic (exact) mass is 275 g/mol. The van der Waals surface area contributed by atoms with E-state index in [1.165, 1.54) is 0 Å². The minimum absolute atomic E-state index is 0.000880. The predicted molar refractivity (Wildman–Crippen MR) is 74.7 cm³/mol. The molecule has 2 saturated heterocycles. The first-order valence-electron chi connectivity index (χ1n) is 6.75. The van der Waals surface area contributed by atoms with Gasteiger partial charge in [-0.3, -0.25) is 4.79 Å². The number of carbonyl (C=O) groups excluding carboxylic acids is 1. The summed E-state index contributed by atoms with van der Waals surface area (Å²) in [5.74, 6) is -0.997. The molecule has 0 radical (unpaired) electrons. The number of carbonyl (C=O) groups is 2. The molecule has 0 aliphatic carbocycles. The number of carboxylic acids is 1. The highest BCUT2D eigenvalue weighted by molar-refractivity contribution is 5.98. The molecule has 1 aromatic rings. The summed E-state index contributed by atoms with van der Waals surface area (Å²) in [7, 11) is 0. The van der Waals surface area contributed by atoms with E-state index in [4.69, 9.17) is 5.73 Å². The van der Waals surface area contributed by atoms with Gasteiger partial charge in [0.15, 0.2) is 0 Å². The van der Waals surface area contributed by atoms with Gasteiger partial charge in [0.2, 0.25) is 5.91 Å². The molecule has 2 aliphatic rings. The molecule has 1 aromatic carbocycles. The second-order valence-corrected chi connectivity index (χ2v) is 5.30. The van der Waals surface area contributed by atoms with E-state index in [0.29, 0.717) is 17.9 Å². The maximum Gasteiger partial charge on any atom is 0.337 e. The highest BCUT2D eigenvalue weighted by atomic mass is 16.4. The average Bonchev–Trinajstić information content (AvgIpc) is 2.80. The third kappa shape index (κ3) is 1.88. The highest BCUT2D eigenvalue weighted by Gasteiger charge is 2.42. The molecule has 2 fully saturated rings. The zero-order valence-corrected chi connectivity index (χ0v) is 11.0. The Morgan fingerprint density at radius 2 is 2.25 bits per heavy atom. The molecule has 2 atom stereocenters. The lowest BCUT2D eigenvalue weighted by Gasteiger charge is -2.38. The molecular formula is C14H17N3O3. The fraction of sp³-hybridized carbons (Fsp3) is 0.429. The van der Waals surface area contributed by atoms with Crippen LogP contribution in [0, 0.1) is 5.92 Å². The van der Waals surface area contributed by atoms with E-state index >= 15 is 0 Å². The Labute approximate surface area is 116 Å². The Morgan fingerprint density at radius 3 is 3.00 bits per heavy atom. The molecule has 3 rings (SSSR count). The highest BCUT2D eigenvalue weighted by Crippen LogP contribution is 2.36. The van der Waals surface area contributed by atoms with Crippen LogP contribution in [0.1, 0.15) is 23.2 Å². The lowest BCUT2D eigenvalue weighted by atomic mass is 9.90. The number of hydrogen-bond donors (Lipinski definition) is 3. The fourth-order valence-electron chi connectivity index (χ4n) is 3.28. The number of hydrogen-bond acceptors (Lipinski definition) is 4. The van der Waals surface area contributed by atoms with Crippen molar-refractivity contribution in [2.75, 3.05) is 23.7 Å². The van der Waals surface area contributed by atoms with Crippen molar-refractivity contribution < 1.29 is 14.7 Å². The summed E-state index contributed by atoms with van der Waals surface area (Å²) in [4.78, 5) is 25.2. The van der Waals surface area contributed by atoms with Crippen LogP contribution >= 0.6 is 0 Å². The largest absolute Gasteiger partial charge is 0.478 e. The van der Waals surface area contributed by atoms with Gasteiger partial charge in [0.25, 0.3) is 0 Å². The van der Waals surface area contributed by atoms with Crippen molar-refractivity contribution in [1.29, 1.82) is 0 Å². The van der Waals surface area contributed by atoms with Gasteiger partial charge in [-0.15, -0.1) is 0 Å². The molecule has 0 aromatic heterocycles. The van der Waals surface area contributed by atoms with Crippen molar-refractivity contribution in [3.8, 4) is 0 Å². The van der Waals surface area contributed by atoms with Crippen LogP contribution in [0.5, 0.6) is 0 Å². The summed E-state index contributed by atoms with van der Waals surface area (Å²) in [6.07, 6.45) is 1.71. The number of nitrogens with zero attached hydrogens (tertiary/aromatic N) is 1. The first-order chi connectivity index (χ1) is 9.59. The summed E-state index contributed by atoms with van der Waals surface area (Å²) in [6, 6.07) is 4.90. The molecule has 6 nitrogen and oxygen atoms in total. The van der Waals surface area contributed by atoms with Gasteiger partial charge in [-0.05, 0) is 25.0 Å². The van der Waals surface area contributed by atoms with Gasteiger partial charge in [0, 0.05) is 13.1 Å². The van der Waals surface area contributed by atoms with Crippen LogP contribution in [0.3, 0.4) is 0 Å². The number of benzene rings is 1. The van der Waals surface area contributed by atoms with Crippen LogP contribution in [0.4, 0.5) is 11.4 Å². The van der Waals surface area contributed by atoms with Crippen molar-refractivity contribution >= 4 is 23.3 Å². The van der Waals surface area contributed by atoms with Gasteiger partial charge >= 0.3 is 5.97 Å². The van der Waals surface area contributed by atoms with E-state index in [2.05, 4.69) is 5.32 Å². The maximum absolute atomic E-state index is 11.8. The lowest BCUT2D eigenvalue weighted by Crippen LogP contribution is -2.46. The molecule has 106 valence electrons. The number of amides is 1. The Kier molecular flexibility index (Phi) is 3.00. The van der Waals surface area contributed by atoms with E-state index < -0.39 is 5.97 Å². The van der Waals surface area contributed by atoms with Crippen molar-refractivity contribution in [3.63, 3.8) is 0 Å². The summed E-state index contributed by atoms with van der Waals surface area (Å²) >= 11 is 0. The third-order valence-electron chi connectivity index (χ3n) is 4.19. The molecule has 4 N–H and O–H groups in total. The topological polar surface area (TPSA) is 95.7 Å². The SMILES string of the molecule is Nc1cccc(C(=O)O)c1N1CCCC2C(=O)NCC21. The Balaban J connectivity index is 2.04. The zero-order chi connectivity index (χ0) is 14.3. The smallest absolute Gasteiger partial charge is 0.337 e. The number of rotatable bonds is 2. The Hall–Kier alpha value is -2.24.